The molecule has 0 N–H and O–H groups in total. The third kappa shape index (κ3) is 5.88. The van der Waals surface area contributed by atoms with Gasteiger partial charge in [0.1, 0.15) is 12.0 Å². The van der Waals surface area contributed by atoms with Crippen molar-refractivity contribution in [1.82, 2.24) is 4.98 Å². The van der Waals surface area contributed by atoms with Gasteiger partial charge < -0.3 is 9.11 Å². The van der Waals surface area contributed by atoms with E-state index in [1.165, 1.54) is 6.26 Å². The standard InChI is InChI=1S/C30H32FNO4S3/c1-6-38(34)30(31,24-12-14-26(15-13-24)37(4)33)20-21-9-7-10-22(17-21)27-19-25(29(2,3)39(5,35)36)18-23-11-8-16-32-28(23)27/h7-19H,6,20H2,1-5H3. The lowest BCUT2D eigenvalue weighted by atomic mass is 9.92. The predicted molar refractivity (Wildman–Crippen MR) is 159 cm³/mol. The van der Waals surface area contributed by atoms with Crippen LogP contribution in [0.2, 0.25) is 0 Å². The number of nitrogens with zero attached hydrogens (tertiary/aromatic N) is 1. The maximum Gasteiger partial charge on any atom is 0.292 e. The summed E-state index contributed by atoms with van der Waals surface area (Å²) in [7, 11) is -3.43. The van der Waals surface area contributed by atoms with Gasteiger partial charge in [-0.25, -0.2) is 8.42 Å². The highest BCUT2D eigenvalue weighted by Gasteiger charge is 2.44. The molecule has 5 nitrogen and oxygen atoms in total. The normalized spacial score (nSPS) is 15.6. The van der Waals surface area contributed by atoms with Gasteiger partial charge in [-0.05, 0) is 102 Å². The molecule has 0 amide bonds. The maximum absolute atomic E-state index is 16.6. The minimum Gasteiger partial charge on any atom is -0.614 e. The molecule has 206 valence electrons. The van der Waals surface area contributed by atoms with Crippen LogP contribution >= 0.6 is 0 Å². The average molecular weight is 586 g/mol. The van der Waals surface area contributed by atoms with Crippen LogP contribution in [-0.4, -0.2) is 40.8 Å². The van der Waals surface area contributed by atoms with Gasteiger partial charge >= 0.3 is 0 Å². The Kier molecular flexibility index (Phi) is 8.50. The fraction of sp³-hybridized carbons (Fsp3) is 0.300. The first-order valence-electron chi connectivity index (χ1n) is 12.5. The molecule has 0 aliphatic carbocycles. The maximum atomic E-state index is 16.6. The molecule has 3 atom stereocenters. The van der Waals surface area contributed by atoms with E-state index in [4.69, 9.17) is 0 Å². The number of halogens is 1. The first kappa shape index (κ1) is 29.6. The van der Waals surface area contributed by atoms with Gasteiger partial charge in [0.25, 0.3) is 5.00 Å². The van der Waals surface area contributed by atoms with Crippen LogP contribution in [0.1, 0.15) is 37.5 Å². The third-order valence-corrected chi connectivity index (χ3v) is 11.9. The van der Waals surface area contributed by atoms with Crippen LogP contribution in [0, 0.1) is 0 Å². The lowest BCUT2D eigenvalue weighted by molar-refractivity contribution is 0.270. The molecule has 0 saturated carbocycles. The fourth-order valence-electron chi connectivity index (χ4n) is 4.52. The quantitative estimate of drug-likeness (QED) is 0.223. The molecule has 4 aromatic rings. The summed E-state index contributed by atoms with van der Waals surface area (Å²) in [5.74, 6) is 0.134. The Balaban J connectivity index is 1.82. The second-order valence-electron chi connectivity index (χ2n) is 10.1. The highest BCUT2D eigenvalue weighted by Crippen LogP contribution is 2.40. The zero-order valence-corrected chi connectivity index (χ0v) is 25.1. The van der Waals surface area contributed by atoms with E-state index in [1.54, 1.807) is 69.6 Å². The lowest BCUT2D eigenvalue weighted by Gasteiger charge is -2.28. The Bertz CT molecular complexity index is 1590. The first-order chi connectivity index (χ1) is 18.3. The summed E-state index contributed by atoms with van der Waals surface area (Å²) in [6.45, 7) is 5.04. The van der Waals surface area contributed by atoms with E-state index in [1.807, 2.05) is 36.4 Å². The predicted octanol–water partition coefficient (Wildman–Crippen LogP) is 6.05. The number of aromatic nitrogens is 1. The molecule has 0 bridgehead atoms. The van der Waals surface area contributed by atoms with Crippen molar-refractivity contribution in [1.29, 1.82) is 0 Å². The van der Waals surface area contributed by atoms with Crippen LogP contribution < -0.4 is 0 Å². The van der Waals surface area contributed by atoms with Crippen molar-refractivity contribution >= 4 is 43.1 Å². The molecule has 9 heteroatoms. The van der Waals surface area contributed by atoms with Crippen molar-refractivity contribution in [3.8, 4) is 11.1 Å². The number of fused-ring (bicyclic) bond motifs is 1. The largest absolute Gasteiger partial charge is 0.614 e. The number of sulfone groups is 1. The molecule has 0 fully saturated rings. The second-order valence-corrected chi connectivity index (χ2v) is 16.0. The molecule has 1 heterocycles. The number of alkyl halides is 1. The molecule has 39 heavy (non-hydrogen) atoms. The Labute approximate surface area is 236 Å². The van der Waals surface area contributed by atoms with Gasteiger partial charge in [-0.15, -0.1) is 0 Å². The summed E-state index contributed by atoms with van der Waals surface area (Å²) in [4.78, 5) is 5.13. The van der Waals surface area contributed by atoms with Crippen LogP contribution in [0.5, 0.6) is 0 Å². The monoisotopic (exact) mass is 585 g/mol. The van der Waals surface area contributed by atoms with E-state index in [-0.39, 0.29) is 17.7 Å². The number of hydrogen-bond acceptors (Lipinski definition) is 5. The number of hydrogen-bond donors (Lipinski definition) is 0. The van der Waals surface area contributed by atoms with Gasteiger partial charge in [0.05, 0.1) is 16.7 Å². The summed E-state index contributed by atoms with van der Waals surface area (Å²) in [6.07, 6.45) is 4.33. The summed E-state index contributed by atoms with van der Waals surface area (Å²) in [5.41, 5.74) is 3.73. The number of pyridine rings is 1. The first-order valence-corrected chi connectivity index (χ1v) is 17.2. The highest BCUT2D eigenvalue weighted by atomic mass is 32.2. The van der Waals surface area contributed by atoms with E-state index in [0.29, 0.717) is 21.5 Å². The van der Waals surface area contributed by atoms with Crippen molar-refractivity contribution in [2.45, 2.75) is 41.8 Å². The number of benzene rings is 3. The molecule has 0 spiro atoms. The molecule has 4 rings (SSSR count). The SMILES string of the molecule is CC[S+]([O-])C(F)(Cc1cccc(-c2cc(C(C)(C)S(C)(=O)=O)cc3cccnc23)c1)c1ccc([S+](C)[O-])cc1. The van der Waals surface area contributed by atoms with E-state index >= 15 is 4.39 Å². The van der Waals surface area contributed by atoms with E-state index in [9.17, 15) is 17.5 Å². The van der Waals surface area contributed by atoms with Crippen molar-refractivity contribution in [2.75, 3.05) is 18.3 Å². The van der Waals surface area contributed by atoms with Crippen LogP contribution in [0.3, 0.4) is 0 Å². The highest BCUT2D eigenvalue weighted by molar-refractivity contribution is 7.92. The summed E-state index contributed by atoms with van der Waals surface area (Å²) >= 11 is -3.03. The van der Waals surface area contributed by atoms with Crippen molar-refractivity contribution in [2.24, 2.45) is 0 Å². The molecule has 0 aliphatic rings. The van der Waals surface area contributed by atoms with Crippen molar-refractivity contribution in [3.05, 3.63) is 95.7 Å². The van der Waals surface area contributed by atoms with Crippen LogP contribution in [-0.2, 0) is 48.4 Å². The minimum absolute atomic E-state index is 0.129. The zero-order valence-electron chi connectivity index (χ0n) is 22.6. The Morgan fingerprint density at radius 1 is 0.949 bits per heavy atom. The van der Waals surface area contributed by atoms with Crippen LogP contribution in [0.4, 0.5) is 4.39 Å². The van der Waals surface area contributed by atoms with Crippen molar-refractivity contribution < 1.29 is 21.9 Å². The van der Waals surface area contributed by atoms with E-state index < -0.39 is 41.9 Å². The van der Waals surface area contributed by atoms with Gasteiger partial charge in [0, 0.05) is 29.0 Å². The lowest BCUT2D eigenvalue weighted by Crippen LogP contribution is -2.35. The Hall–Kier alpha value is -2.43. The van der Waals surface area contributed by atoms with E-state index in [2.05, 4.69) is 4.98 Å². The molecular formula is C30H32FNO4S3. The van der Waals surface area contributed by atoms with Gasteiger partial charge in [0.15, 0.2) is 14.7 Å². The van der Waals surface area contributed by atoms with E-state index in [0.717, 1.165) is 16.5 Å². The molecule has 3 unspecified atom stereocenters. The van der Waals surface area contributed by atoms with Crippen LogP contribution in [0.25, 0.3) is 22.0 Å². The summed E-state index contributed by atoms with van der Waals surface area (Å²) in [5, 5.41) is -1.35. The molecule has 3 aromatic carbocycles. The molecule has 0 aliphatic heterocycles. The topological polar surface area (TPSA) is 93.2 Å². The van der Waals surface area contributed by atoms with Crippen LogP contribution in [0.15, 0.2) is 83.9 Å². The summed E-state index contributed by atoms with van der Waals surface area (Å²) < 4.78 is 65.6. The number of rotatable bonds is 9. The third-order valence-electron chi connectivity index (χ3n) is 7.24. The van der Waals surface area contributed by atoms with Crippen molar-refractivity contribution in [3.63, 3.8) is 0 Å². The van der Waals surface area contributed by atoms with Gasteiger partial charge in [-0.1, -0.05) is 30.3 Å². The van der Waals surface area contributed by atoms with Gasteiger partial charge in [-0.2, -0.15) is 4.39 Å². The van der Waals surface area contributed by atoms with Gasteiger partial charge in [-0.3, -0.25) is 4.98 Å². The Morgan fingerprint density at radius 2 is 1.64 bits per heavy atom. The molecule has 0 radical (unpaired) electrons. The summed E-state index contributed by atoms with van der Waals surface area (Å²) in [6, 6.07) is 21.0. The molecule has 0 saturated heterocycles. The zero-order chi connectivity index (χ0) is 28.6. The molecule has 1 aromatic heterocycles. The average Bonchev–Trinajstić information content (AvgIpc) is 2.91. The molecular weight excluding hydrogens is 554 g/mol. The minimum atomic E-state index is -3.43. The Morgan fingerprint density at radius 3 is 2.26 bits per heavy atom. The second kappa shape index (κ2) is 11.2. The smallest absolute Gasteiger partial charge is 0.292 e. The van der Waals surface area contributed by atoms with Gasteiger partial charge in [0.2, 0.25) is 0 Å². The fourth-order valence-corrected chi connectivity index (χ4v) is 6.77.